The van der Waals surface area contributed by atoms with Crippen molar-refractivity contribution in [3.8, 4) is 79.0 Å². The van der Waals surface area contributed by atoms with Gasteiger partial charge in [-0.25, -0.2) is 19.9 Å². The Morgan fingerprint density at radius 1 is 0.260 bits per heavy atom. The summed E-state index contributed by atoms with van der Waals surface area (Å²) in [5, 5.41) is 31.5. The minimum atomic E-state index is 0.598. The normalized spacial score (nSPS) is 10.8. The summed E-state index contributed by atoms with van der Waals surface area (Å²) in [6, 6.07) is 58.2. The molecule has 0 aliphatic heterocycles. The Labute approximate surface area is 598 Å². The summed E-state index contributed by atoms with van der Waals surface area (Å²) in [6.45, 7) is 2.44. The van der Waals surface area contributed by atoms with Gasteiger partial charge in [0, 0.05) is 77.9 Å². The molecule has 26 heteroatoms. The molecule has 0 aliphatic rings. The summed E-state index contributed by atoms with van der Waals surface area (Å²) in [4.78, 5) is 35.3. The minimum absolute atomic E-state index is 0.598. The molecule has 4 aromatic carbocycles. The Balaban J connectivity index is 0.000000123. The van der Waals surface area contributed by atoms with Gasteiger partial charge in [0.05, 0.1) is 122 Å². The monoisotopic (exact) mass is 1380 g/mol. The van der Waals surface area contributed by atoms with Gasteiger partial charge < -0.3 is 49.7 Å². The number of methoxy groups -OCH3 is 6. The number of rotatable bonds is 22. The number of hydrogen-bond acceptors (Lipinski definition) is 22. The molecule has 12 aromatic heterocycles. The molecule has 0 aliphatic carbocycles. The fourth-order valence-electron chi connectivity index (χ4n) is 11.2. The van der Waals surface area contributed by atoms with Crippen LogP contribution >= 0.6 is 0 Å². The van der Waals surface area contributed by atoms with Crippen molar-refractivity contribution in [1.82, 2.24) is 78.3 Å². The van der Waals surface area contributed by atoms with E-state index < -0.39 is 0 Å². The molecular weight excluding hydrogens is 1310 g/mol. The Morgan fingerprint density at radius 3 is 1.02 bits per heavy atom. The highest BCUT2D eigenvalue weighted by Crippen LogP contribution is 2.37. The maximum atomic E-state index is 5.53. The van der Waals surface area contributed by atoms with Crippen molar-refractivity contribution < 1.29 is 28.4 Å². The van der Waals surface area contributed by atoms with Gasteiger partial charge in [0.15, 0.2) is 34.1 Å². The standard InChI is InChI=1S/2C20H19N5O2.2C19H17N5O/c1-26-17-7-6-14(11-18(17)27-2)16-13-24-25-19(8-10-22-20(16)25)23-12-15-5-3-4-9-21-15;1-26-15-6-7-16(18(11-15)27-2)17-13-24-25-19(8-10-22-20(17)25)23-12-14-5-3-4-9-21-14;1-25-16-7-4-5-14(11-16)17-13-23-24-18(8-10-21-19(17)24)22-12-15-6-2-3-9-20-15;1-25-16-7-5-14(6-8-16)17-13-23-24-18(9-11-21-19(17)24)22-12-15-4-2-3-10-20-15/h2*3-11,13,23H,12H2,1-2H3;2*2-11,13,22H,12H2,1H3. The number of aromatic nitrogens is 16. The fraction of sp³-hybridized carbons (Fsp3) is 0.128. The summed E-state index contributed by atoms with van der Waals surface area (Å²) >= 11 is 0. The molecule has 16 rings (SSSR count). The van der Waals surface area contributed by atoms with E-state index in [9.17, 15) is 0 Å². The predicted octanol–water partition coefficient (Wildman–Crippen LogP) is 13.7. The summed E-state index contributed by atoms with van der Waals surface area (Å²) in [6.07, 6.45) is 21.5. The summed E-state index contributed by atoms with van der Waals surface area (Å²) in [5.74, 6) is 7.84. The molecule has 0 radical (unpaired) electrons. The van der Waals surface area contributed by atoms with Crippen LogP contribution in [0.3, 0.4) is 0 Å². The molecule has 0 saturated heterocycles. The van der Waals surface area contributed by atoms with Gasteiger partial charge >= 0.3 is 0 Å². The number of nitrogens with zero attached hydrogens (tertiary/aromatic N) is 16. The van der Waals surface area contributed by atoms with E-state index in [-0.39, 0.29) is 0 Å². The summed E-state index contributed by atoms with van der Waals surface area (Å²) in [7, 11) is 9.82. The number of nitrogens with one attached hydrogen (secondary N) is 4. The topological polar surface area (TPSA) is 276 Å². The maximum absolute atomic E-state index is 5.53. The van der Waals surface area contributed by atoms with Crippen molar-refractivity contribution in [3.05, 3.63) is 279 Å². The van der Waals surface area contributed by atoms with Crippen molar-refractivity contribution in [2.24, 2.45) is 0 Å². The van der Waals surface area contributed by atoms with Crippen LogP contribution in [0.2, 0.25) is 0 Å². The van der Waals surface area contributed by atoms with E-state index in [1.165, 1.54) is 0 Å². The number of anilines is 4. The molecule has 0 amide bonds. The molecule has 0 saturated carbocycles. The van der Waals surface area contributed by atoms with E-state index in [0.29, 0.717) is 43.4 Å². The van der Waals surface area contributed by atoms with Crippen molar-refractivity contribution in [2.75, 3.05) is 63.9 Å². The first-order valence-electron chi connectivity index (χ1n) is 32.9. The van der Waals surface area contributed by atoms with Crippen molar-refractivity contribution in [2.45, 2.75) is 26.2 Å². The zero-order valence-electron chi connectivity index (χ0n) is 57.7. The number of fused-ring (bicyclic) bond motifs is 4. The molecule has 26 nitrogen and oxygen atoms in total. The second kappa shape index (κ2) is 33.2. The van der Waals surface area contributed by atoms with E-state index >= 15 is 0 Å². The molecule has 0 atom stereocenters. The van der Waals surface area contributed by atoms with Crippen LogP contribution in [-0.4, -0.2) is 121 Å². The third-order valence-electron chi connectivity index (χ3n) is 16.5. The molecule has 4 N–H and O–H groups in total. The number of pyridine rings is 4. The second-order valence-electron chi connectivity index (χ2n) is 22.8. The largest absolute Gasteiger partial charge is 0.497 e. The lowest BCUT2D eigenvalue weighted by molar-refractivity contribution is 0.355. The van der Waals surface area contributed by atoms with Crippen LogP contribution in [0.4, 0.5) is 23.3 Å². The highest BCUT2D eigenvalue weighted by molar-refractivity contribution is 5.83. The molecule has 12 heterocycles. The van der Waals surface area contributed by atoms with Crippen LogP contribution in [-0.2, 0) is 26.2 Å². The SMILES string of the molecule is COc1ccc(-c2cnn3c(NCc4ccccn4)ccnc23)c(OC)c1.COc1ccc(-c2cnn3c(NCc4ccccn4)ccnc23)cc1.COc1ccc(-c2cnn3c(NCc4ccccn4)ccnc23)cc1OC.COc1cccc(-c2cnn3c(NCc4ccccn4)ccnc23)c1. The highest BCUT2D eigenvalue weighted by Gasteiger charge is 2.18. The lowest BCUT2D eigenvalue weighted by Gasteiger charge is -2.10. The van der Waals surface area contributed by atoms with E-state index in [1.54, 1.807) is 118 Å². The smallest absolute Gasteiger partial charge is 0.165 e. The molecule has 0 spiro atoms. The van der Waals surface area contributed by atoms with Crippen LogP contribution in [0.5, 0.6) is 34.5 Å². The van der Waals surface area contributed by atoms with Gasteiger partial charge in [-0.3, -0.25) is 19.9 Å². The van der Waals surface area contributed by atoms with Gasteiger partial charge in [-0.05, 0) is 138 Å². The van der Waals surface area contributed by atoms with E-state index in [2.05, 4.69) is 81.5 Å². The van der Waals surface area contributed by atoms with Gasteiger partial charge in [0.2, 0.25) is 0 Å². The Kier molecular flexibility index (Phi) is 21.9. The molecule has 520 valence electrons. The zero-order chi connectivity index (χ0) is 71.4. The quantitative estimate of drug-likeness (QED) is 0.0491. The van der Waals surface area contributed by atoms with Crippen LogP contribution in [0, 0.1) is 0 Å². The van der Waals surface area contributed by atoms with Gasteiger partial charge in [-0.15, -0.1) is 0 Å². The zero-order valence-corrected chi connectivity index (χ0v) is 57.7. The highest BCUT2D eigenvalue weighted by atomic mass is 16.5. The third kappa shape index (κ3) is 16.0. The molecule has 0 fully saturated rings. The van der Waals surface area contributed by atoms with Gasteiger partial charge in [-0.1, -0.05) is 54.6 Å². The van der Waals surface area contributed by atoms with Crippen molar-refractivity contribution in [3.63, 3.8) is 0 Å². The molecule has 0 bridgehead atoms. The lowest BCUT2D eigenvalue weighted by atomic mass is 10.1. The number of benzene rings is 4. The van der Waals surface area contributed by atoms with E-state index in [1.807, 2.05) is 199 Å². The number of ether oxygens (including phenoxy) is 6. The van der Waals surface area contributed by atoms with Crippen LogP contribution in [0.25, 0.3) is 67.1 Å². The molecule has 16 aromatic rings. The van der Waals surface area contributed by atoms with Crippen molar-refractivity contribution in [1.29, 1.82) is 0 Å². The predicted molar refractivity (Wildman–Crippen MR) is 399 cm³/mol. The maximum Gasteiger partial charge on any atom is 0.165 e. The summed E-state index contributed by atoms with van der Waals surface area (Å²) < 4.78 is 39.2. The first-order valence-corrected chi connectivity index (χ1v) is 32.9. The van der Waals surface area contributed by atoms with Crippen LogP contribution in [0.1, 0.15) is 22.8 Å². The minimum Gasteiger partial charge on any atom is -0.497 e. The Hall–Kier alpha value is -14.0. The Bertz CT molecular complexity index is 5450. The first-order chi connectivity index (χ1) is 51.3. The lowest BCUT2D eigenvalue weighted by Crippen LogP contribution is -2.06. The molecule has 0 unspecified atom stereocenters. The molecule has 104 heavy (non-hydrogen) atoms. The van der Waals surface area contributed by atoms with E-state index in [0.717, 1.165) is 130 Å². The van der Waals surface area contributed by atoms with Gasteiger partial charge in [-0.2, -0.15) is 38.5 Å². The average molecular weight is 1390 g/mol. The van der Waals surface area contributed by atoms with Crippen LogP contribution < -0.4 is 49.7 Å². The van der Waals surface area contributed by atoms with Gasteiger partial charge in [0.25, 0.3) is 0 Å². The van der Waals surface area contributed by atoms with E-state index in [4.69, 9.17) is 28.4 Å². The molecular formula is C78H72N20O6. The number of hydrogen-bond donors (Lipinski definition) is 4. The average Bonchev–Trinajstić information content (AvgIpc) is 1.62. The fourth-order valence-corrected chi connectivity index (χ4v) is 11.2. The first kappa shape index (κ1) is 68.5. The van der Waals surface area contributed by atoms with Gasteiger partial charge in [0.1, 0.15) is 46.3 Å². The van der Waals surface area contributed by atoms with Crippen LogP contribution in [0.15, 0.2) is 256 Å². The third-order valence-corrected chi connectivity index (χ3v) is 16.5. The Morgan fingerprint density at radius 2 is 0.625 bits per heavy atom. The second-order valence-corrected chi connectivity index (χ2v) is 22.8. The van der Waals surface area contributed by atoms with Crippen molar-refractivity contribution >= 4 is 45.9 Å². The summed E-state index contributed by atoms with van der Waals surface area (Å²) in [5.41, 5.74) is 14.6.